The van der Waals surface area contributed by atoms with Crippen molar-refractivity contribution in [2.45, 2.75) is 19.0 Å². The van der Waals surface area contributed by atoms with Crippen LogP contribution in [-0.2, 0) is 4.79 Å². The van der Waals surface area contributed by atoms with Crippen LogP contribution in [0, 0.1) is 13.8 Å². The zero-order chi connectivity index (χ0) is 14.0. The number of halogens is 1. The monoisotopic (exact) mass is 340 g/mol. The molecule has 0 bridgehead atoms. The second-order valence-electron chi connectivity index (χ2n) is 4.17. The van der Waals surface area contributed by atoms with Crippen molar-refractivity contribution in [1.82, 2.24) is 9.55 Å². The minimum atomic E-state index is -0.848. The topological polar surface area (TPSA) is 55.1 Å². The molecule has 0 fully saturated rings. The predicted octanol–water partition coefficient (Wildman–Crippen LogP) is 3.43. The third kappa shape index (κ3) is 3.19. The number of hydrogen-bond donors (Lipinski definition) is 1. The number of imidazole rings is 1. The Kier molecular flexibility index (Phi) is 4.31. The van der Waals surface area contributed by atoms with E-state index in [0.29, 0.717) is 5.16 Å². The summed E-state index contributed by atoms with van der Waals surface area (Å²) in [4.78, 5) is 14.9. The van der Waals surface area contributed by atoms with Gasteiger partial charge in [-0.2, -0.15) is 0 Å². The van der Waals surface area contributed by atoms with Gasteiger partial charge in [-0.15, -0.1) is 0 Å². The minimum absolute atomic E-state index is 0.000455. The first-order valence-corrected chi connectivity index (χ1v) is 7.42. The van der Waals surface area contributed by atoms with Gasteiger partial charge in [-0.25, -0.2) is 4.98 Å². The largest absolute Gasteiger partial charge is 0.481 e. The number of carbonyl (C=O) groups is 1. The highest BCUT2D eigenvalue weighted by molar-refractivity contribution is 9.10. The predicted molar refractivity (Wildman–Crippen MR) is 79.1 cm³/mol. The number of aromatic nitrogens is 2. The standard InChI is InChI=1S/C13H13BrN2O2S/c1-8-5-9(2)12(10(14)6-8)16-4-3-15-13(16)19-7-11(17)18/h3-6H,7H2,1-2H3,(H,17,18). The van der Waals surface area contributed by atoms with E-state index >= 15 is 0 Å². The van der Waals surface area contributed by atoms with Gasteiger partial charge in [0.05, 0.1) is 11.4 Å². The molecular formula is C13H13BrN2O2S. The van der Waals surface area contributed by atoms with Crippen molar-refractivity contribution in [3.63, 3.8) is 0 Å². The van der Waals surface area contributed by atoms with E-state index < -0.39 is 5.97 Å². The molecule has 0 spiro atoms. The highest BCUT2D eigenvalue weighted by Gasteiger charge is 2.13. The Balaban J connectivity index is 2.43. The summed E-state index contributed by atoms with van der Waals surface area (Å²) in [5.74, 6) is -0.848. The summed E-state index contributed by atoms with van der Waals surface area (Å²) in [6.07, 6.45) is 3.52. The Morgan fingerprint density at radius 3 is 2.84 bits per heavy atom. The summed E-state index contributed by atoms with van der Waals surface area (Å²) < 4.78 is 2.88. The summed E-state index contributed by atoms with van der Waals surface area (Å²) in [5, 5.41) is 9.43. The summed E-state index contributed by atoms with van der Waals surface area (Å²) in [7, 11) is 0. The van der Waals surface area contributed by atoms with Crippen LogP contribution < -0.4 is 0 Å². The van der Waals surface area contributed by atoms with Crippen molar-refractivity contribution in [1.29, 1.82) is 0 Å². The molecule has 2 aromatic rings. The van der Waals surface area contributed by atoms with Crippen molar-refractivity contribution in [3.8, 4) is 5.69 Å². The van der Waals surface area contributed by atoms with Gasteiger partial charge < -0.3 is 5.11 Å². The van der Waals surface area contributed by atoms with E-state index in [1.165, 1.54) is 17.3 Å². The number of nitrogens with zero attached hydrogens (tertiary/aromatic N) is 2. The molecule has 1 heterocycles. The smallest absolute Gasteiger partial charge is 0.313 e. The van der Waals surface area contributed by atoms with Crippen LogP contribution >= 0.6 is 27.7 Å². The van der Waals surface area contributed by atoms with Crippen LogP contribution in [0.3, 0.4) is 0 Å². The number of carboxylic acid groups (broad SMARTS) is 1. The van der Waals surface area contributed by atoms with Gasteiger partial charge in [0.15, 0.2) is 5.16 Å². The number of aryl methyl sites for hydroxylation is 2. The maximum atomic E-state index is 10.7. The third-order valence-corrected chi connectivity index (χ3v) is 4.13. The first-order valence-electron chi connectivity index (χ1n) is 5.64. The van der Waals surface area contributed by atoms with E-state index in [0.717, 1.165) is 15.7 Å². The summed E-state index contributed by atoms with van der Waals surface area (Å²) in [6.45, 7) is 4.06. The number of thioether (sulfide) groups is 1. The zero-order valence-electron chi connectivity index (χ0n) is 10.6. The van der Waals surface area contributed by atoms with Gasteiger partial charge in [-0.3, -0.25) is 9.36 Å². The normalized spacial score (nSPS) is 10.7. The molecule has 0 atom stereocenters. The molecule has 4 nitrogen and oxygen atoms in total. The fraction of sp³-hybridized carbons (Fsp3) is 0.231. The second-order valence-corrected chi connectivity index (χ2v) is 5.97. The molecule has 0 saturated heterocycles. The Morgan fingerprint density at radius 2 is 2.21 bits per heavy atom. The lowest BCUT2D eigenvalue weighted by Crippen LogP contribution is -2.03. The maximum absolute atomic E-state index is 10.7. The van der Waals surface area contributed by atoms with Gasteiger partial charge in [-0.1, -0.05) is 17.8 Å². The first-order chi connectivity index (χ1) is 8.99. The number of carboxylic acids is 1. The van der Waals surface area contributed by atoms with Gasteiger partial charge in [-0.05, 0) is 47.0 Å². The SMILES string of the molecule is Cc1cc(C)c(-n2ccnc2SCC(=O)O)c(Br)c1. The second kappa shape index (κ2) is 5.79. The zero-order valence-corrected chi connectivity index (χ0v) is 13.0. The molecule has 6 heteroatoms. The van der Waals surface area contributed by atoms with Crippen LogP contribution in [0.15, 0.2) is 34.2 Å². The van der Waals surface area contributed by atoms with E-state index in [-0.39, 0.29) is 5.75 Å². The molecule has 0 aliphatic rings. The molecule has 1 aromatic carbocycles. The Bertz CT molecular complexity index is 602. The van der Waals surface area contributed by atoms with Gasteiger partial charge >= 0.3 is 5.97 Å². The van der Waals surface area contributed by atoms with Gasteiger partial charge in [0, 0.05) is 16.9 Å². The van der Waals surface area contributed by atoms with E-state index in [9.17, 15) is 4.79 Å². The van der Waals surface area contributed by atoms with Gasteiger partial charge in [0.2, 0.25) is 0 Å². The third-order valence-electron chi connectivity index (χ3n) is 2.57. The van der Waals surface area contributed by atoms with Crippen molar-refractivity contribution in [2.24, 2.45) is 0 Å². The van der Waals surface area contributed by atoms with E-state index in [1.807, 2.05) is 30.7 Å². The lowest BCUT2D eigenvalue weighted by atomic mass is 10.1. The lowest BCUT2D eigenvalue weighted by molar-refractivity contribution is -0.133. The van der Waals surface area contributed by atoms with Crippen LogP contribution in [0.2, 0.25) is 0 Å². The fourth-order valence-electron chi connectivity index (χ4n) is 1.91. The maximum Gasteiger partial charge on any atom is 0.313 e. The first kappa shape index (κ1) is 14.1. The van der Waals surface area contributed by atoms with E-state index in [1.54, 1.807) is 6.20 Å². The lowest BCUT2D eigenvalue weighted by Gasteiger charge is -2.13. The fourth-order valence-corrected chi connectivity index (χ4v) is 3.45. The van der Waals surface area contributed by atoms with Crippen LogP contribution in [-0.4, -0.2) is 26.4 Å². The van der Waals surface area contributed by atoms with Crippen LogP contribution in [0.5, 0.6) is 0 Å². The molecule has 0 saturated carbocycles. The molecule has 0 amide bonds. The molecule has 0 aliphatic heterocycles. The Labute approximate surface area is 124 Å². The molecular weight excluding hydrogens is 328 g/mol. The molecule has 0 aliphatic carbocycles. The summed E-state index contributed by atoms with van der Waals surface area (Å²) >= 11 is 4.77. The summed E-state index contributed by atoms with van der Waals surface area (Å²) in [6, 6.07) is 4.12. The number of hydrogen-bond acceptors (Lipinski definition) is 3. The molecule has 100 valence electrons. The quantitative estimate of drug-likeness (QED) is 0.866. The molecule has 0 unspecified atom stereocenters. The van der Waals surface area contributed by atoms with Crippen LogP contribution in [0.25, 0.3) is 5.69 Å². The molecule has 1 N–H and O–H groups in total. The Hall–Kier alpha value is -1.27. The molecule has 2 rings (SSSR count). The van der Waals surface area contributed by atoms with Crippen molar-refractivity contribution in [2.75, 3.05) is 5.75 Å². The highest BCUT2D eigenvalue weighted by Crippen LogP contribution is 2.29. The number of aliphatic carboxylic acids is 1. The van der Waals surface area contributed by atoms with Crippen molar-refractivity contribution in [3.05, 3.63) is 40.1 Å². The Morgan fingerprint density at radius 1 is 1.47 bits per heavy atom. The van der Waals surface area contributed by atoms with Crippen molar-refractivity contribution < 1.29 is 9.90 Å². The minimum Gasteiger partial charge on any atom is -0.481 e. The van der Waals surface area contributed by atoms with Crippen molar-refractivity contribution >= 4 is 33.7 Å². The van der Waals surface area contributed by atoms with Gasteiger partial charge in [0.25, 0.3) is 0 Å². The van der Waals surface area contributed by atoms with Crippen LogP contribution in [0.1, 0.15) is 11.1 Å². The average molecular weight is 341 g/mol. The molecule has 0 radical (unpaired) electrons. The average Bonchev–Trinajstić information content (AvgIpc) is 2.73. The number of rotatable bonds is 4. The molecule has 19 heavy (non-hydrogen) atoms. The molecule has 1 aromatic heterocycles. The number of benzene rings is 1. The summed E-state index contributed by atoms with van der Waals surface area (Å²) in [5.41, 5.74) is 3.28. The highest BCUT2D eigenvalue weighted by atomic mass is 79.9. The van der Waals surface area contributed by atoms with E-state index in [2.05, 4.69) is 27.0 Å². The van der Waals surface area contributed by atoms with Crippen LogP contribution in [0.4, 0.5) is 0 Å². The van der Waals surface area contributed by atoms with Gasteiger partial charge in [0.1, 0.15) is 0 Å². The van der Waals surface area contributed by atoms with E-state index in [4.69, 9.17) is 5.11 Å².